The van der Waals surface area contributed by atoms with Gasteiger partial charge in [0.1, 0.15) is 12.4 Å². The summed E-state index contributed by atoms with van der Waals surface area (Å²) in [5, 5.41) is 0. The fraction of sp³-hybridized carbons (Fsp3) is 0.500. The van der Waals surface area contributed by atoms with Crippen LogP contribution in [0.5, 0.6) is 5.75 Å². The molecule has 1 heterocycles. The Balaban J connectivity index is 2.23. The van der Waals surface area contributed by atoms with Gasteiger partial charge in [0.25, 0.3) is 0 Å². The van der Waals surface area contributed by atoms with Crippen molar-refractivity contribution in [1.29, 1.82) is 0 Å². The number of rotatable bonds is 9. The van der Waals surface area contributed by atoms with E-state index in [1.807, 2.05) is 18.2 Å². The van der Waals surface area contributed by atoms with Crippen LogP contribution in [0.1, 0.15) is 70.2 Å². The van der Waals surface area contributed by atoms with Crippen molar-refractivity contribution in [3.8, 4) is 5.75 Å². The Morgan fingerprint density at radius 2 is 1.79 bits per heavy atom. The normalized spacial score (nSPS) is 11.5. The molecule has 0 aliphatic heterocycles. The summed E-state index contributed by atoms with van der Waals surface area (Å²) in [6.45, 7) is 9.69. The Labute approximate surface area is 147 Å². The van der Waals surface area contributed by atoms with Crippen molar-refractivity contribution in [3.05, 3.63) is 59.4 Å². The zero-order chi connectivity index (χ0) is 17.4. The lowest BCUT2D eigenvalue weighted by atomic mass is 9.70. The van der Waals surface area contributed by atoms with E-state index in [1.165, 1.54) is 36.8 Å². The van der Waals surface area contributed by atoms with E-state index < -0.39 is 0 Å². The molecule has 1 aromatic carbocycles. The first-order valence-electron chi connectivity index (χ1n) is 9.35. The van der Waals surface area contributed by atoms with Gasteiger partial charge in [0, 0.05) is 6.20 Å². The molecule has 2 aromatic rings. The fourth-order valence-corrected chi connectivity index (χ4v) is 3.71. The second-order valence-electron chi connectivity index (χ2n) is 6.52. The van der Waals surface area contributed by atoms with Crippen molar-refractivity contribution in [2.24, 2.45) is 0 Å². The van der Waals surface area contributed by atoms with Crippen molar-refractivity contribution < 1.29 is 4.74 Å². The van der Waals surface area contributed by atoms with Gasteiger partial charge in [0.2, 0.25) is 0 Å². The molecular weight excluding hydrogens is 294 g/mol. The molecule has 0 atom stereocenters. The molecule has 1 aromatic heterocycles. The Bertz CT molecular complexity index is 617. The molecule has 24 heavy (non-hydrogen) atoms. The van der Waals surface area contributed by atoms with E-state index in [-0.39, 0.29) is 0 Å². The van der Waals surface area contributed by atoms with Crippen molar-refractivity contribution in [2.75, 3.05) is 0 Å². The molecule has 0 N–H and O–H groups in total. The third-order valence-corrected chi connectivity index (χ3v) is 5.22. The van der Waals surface area contributed by atoms with Gasteiger partial charge in [0.05, 0.1) is 5.69 Å². The molecule has 0 saturated heterocycles. The van der Waals surface area contributed by atoms with E-state index in [9.17, 15) is 0 Å². The fourth-order valence-electron chi connectivity index (χ4n) is 3.71. The van der Waals surface area contributed by atoms with Crippen LogP contribution < -0.4 is 4.74 Å². The van der Waals surface area contributed by atoms with Crippen molar-refractivity contribution in [1.82, 2.24) is 4.98 Å². The van der Waals surface area contributed by atoms with Crippen molar-refractivity contribution in [2.45, 2.75) is 71.8 Å². The molecule has 2 heteroatoms. The van der Waals surface area contributed by atoms with Crippen molar-refractivity contribution >= 4 is 0 Å². The molecule has 2 rings (SSSR count). The lowest BCUT2D eigenvalue weighted by molar-refractivity contribution is 0.300. The van der Waals surface area contributed by atoms with Crippen LogP contribution in [0.25, 0.3) is 0 Å². The molecule has 0 bridgehead atoms. The van der Waals surface area contributed by atoms with Crippen molar-refractivity contribution in [3.63, 3.8) is 0 Å². The van der Waals surface area contributed by atoms with Crippen LogP contribution in [0.15, 0.2) is 42.6 Å². The first-order valence-corrected chi connectivity index (χ1v) is 9.35. The Morgan fingerprint density at radius 3 is 2.38 bits per heavy atom. The molecule has 0 amide bonds. The number of hydrogen-bond donors (Lipinski definition) is 0. The Hall–Kier alpha value is -1.83. The summed E-state index contributed by atoms with van der Waals surface area (Å²) in [5.41, 5.74) is 4.20. The van der Waals surface area contributed by atoms with Gasteiger partial charge in [-0.3, -0.25) is 4.98 Å². The zero-order valence-corrected chi connectivity index (χ0v) is 15.6. The van der Waals surface area contributed by atoms with Gasteiger partial charge in [-0.1, -0.05) is 46.2 Å². The maximum Gasteiger partial charge on any atom is 0.130 e. The second-order valence-corrected chi connectivity index (χ2v) is 6.52. The molecule has 0 radical (unpaired) electrons. The van der Waals surface area contributed by atoms with Gasteiger partial charge in [-0.05, 0) is 66.5 Å². The molecule has 0 aliphatic carbocycles. The van der Waals surface area contributed by atoms with Gasteiger partial charge in [-0.15, -0.1) is 0 Å². The first-order chi connectivity index (χ1) is 11.7. The average Bonchev–Trinajstić information content (AvgIpc) is 2.65. The minimum Gasteiger partial charge on any atom is -0.487 e. The largest absolute Gasteiger partial charge is 0.487 e. The minimum atomic E-state index is 0.305. The van der Waals surface area contributed by atoms with Crippen LogP contribution in [0.3, 0.4) is 0 Å². The molecule has 130 valence electrons. The summed E-state index contributed by atoms with van der Waals surface area (Å²) >= 11 is 0. The highest BCUT2D eigenvalue weighted by Gasteiger charge is 2.29. The minimum absolute atomic E-state index is 0.305. The second kappa shape index (κ2) is 8.86. The van der Waals surface area contributed by atoms with Gasteiger partial charge >= 0.3 is 0 Å². The summed E-state index contributed by atoms with van der Waals surface area (Å²) < 4.78 is 5.97. The van der Waals surface area contributed by atoms with E-state index in [0.717, 1.165) is 17.9 Å². The van der Waals surface area contributed by atoms with E-state index in [4.69, 9.17) is 4.74 Å². The van der Waals surface area contributed by atoms with Crippen LogP contribution in [-0.2, 0) is 18.4 Å². The van der Waals surface area contributed by atoms with E-state index in [1.54, 1.807) is 6.20 Å². The lowest BCUT2D eigenvalue weighted by Gasteiger charge is -2.34. The highest BCUT2D eigenvalue weighted by molar-refractivity contribution is 5.40. The third-order valence-electron chi connectivity index (χ3n) is 5.22. The highest BCUT2D eigenvalue weighted by atomic mass is 16.5. The van der Waals surface area contributed by atoms with E-state index in [0.29, 0.717) is 12.0 Å². The van der Waals surface area contributed by atoms with Crippen LogP contribution >= 0.6 is 0 Å². The molecule has 2 nitrogen and oxygen atoms in total. The van der Waals surface area contributed by atoms with Crippen LogP contribution in [-0.4, -0.2) is 4.98 Å². The van der Waals surface area contributed by atoms with E-state index >= 15 is 0 Å². The summed E-state index contributed by atoms with van der Waals surface area (Å²) in [4.78, 5) is 4.32. The maximum absolute atomic E-state index is 5.97. The SMILES string of the molecule is CCCC(CC)(CC)c1ccc(OCc2ccccn2)cc1CC. The summed E-state index contributed by atoms with van der Waals surface area (Å²) in [6.07, 6.45) is 7.71. The maximum atomic E-state index is 5.97. The van der Waals surface area contributed by atoms with Gasteiger partial charge < -0.3 is 4.74 Å². The lowest BCUT2D eigenvalue weighted by Crippen LogP contribution is -2.25. The smallest absolute Gasteiger partial charge is 0.130 e. The first kappa shape index (κ1) is 18.5. The quantitative estimate of drug-likeness (QED) is 0.557. The van der Waals surface area contributed by atoms with E-state index in [2.05, 4.69) is 50.9 Å². The molecular formula is C22H31NO. The molecule has 0 spiro atoms. The number of benzene rings is 1. The summed E-state index contributed by atoms with van der Waals surface area (Å²) in [6, 6.07) is 12.6. The van der Waals surface area contributed by atoms with Gasteiger partial charge in [-0.25, -0.2) is 0 Å². The molecule has 0 saturated carbocycles. The van der Waals surface area contributed by atoms with Crippen LogP contribution in [0.4, 0.5) is 0 Å². The Morgan fingerprint density at radius 1 is 1.00 bits per heavy atom. The van der Waals surface area contributed by atoms with Gasteiger partial charge in [-0.2, -0.15) is 0 Å². The average molecular weight is 325 g/mol. The molecule has 0 unspecified atom stereocenters. The predicted molar refractivity (Wildman–Crippen MR) is 102 cm³/mol. The molecule has 0 aliphatic rings. The third kappa shape index (κ3) is 4.17. The standard InChI is InChI=1S/C22H31NO/c1-5-14-22(7-3,8-4)21-13-12-20(16-18(21)6-2)24-17-19-11-9-10-15-23-19/h9-13,15-16H,5-8,14,17H2,1-4H3. The topological polar surface area (TPSA) is 22.1 Å². The molecule has 0 fully saturated rings. The van der Waals surface area contributed by atoms with Crippen LogP contribution in [0, 0.1) is 0 Å². The number of ether oxygens (including phenoxy) is 1. The number of pyridine rings is 1. The number of aryl methyl sites for hydroxylation is 1. The van der Waals surface area contributed by atoms with Gasteiger partial charge in [0.15, 0.2) is 0 Å². The predicted octanol–water partition coefficient (Wildman–Crippen LogP) is 6.08. The zero-order valence-electron chi connectivity index (χ0n) is 15.6. The number of aromatic nitrogens is 1. The number of hydrogen-bond acceptors (Lipinski definition) is 2. The Kier molecular flexibility index (Phi) is 6.84. The monoisotopic (exact) mass is 325 g/mol. The summed E-state index contributed by atoms with van der Waals surface area (Å²) in [5.74, 6) is 0.943. The highest BCUT2D eigenvalue weighted by Crippen LogP contribution is 2.39. The number of nitrogens with zero attached hydrogens (tertiary/aromatic N) is 1. The van der Waals surface area contributed by atoms with Crippen LogP contribution in [0.2, 0.25) is 0 Å². The summed E-state index contributed by atoms with van der Waals surface area (Å²) in [7, 11) is 0.